The van der Waals surface area contributed by atoms with Gasteiger partial charge >= 0.3 is 0 Å². The lowest BCUT2D eigenvalue weighted by molar-refractivity contribution is 0.311. The van der Waals surface area contributed by atoms with Gasteiger partial charge in [-0.15, -0.1) is 0 Å². The monoisotopic (exact) mass is 230 g/mol. The molecule has 4 nitrogen and oxygen atoms in total. The third kappa shape index (κ3) is 2.18. The highest BCUT2D eigenvalue weighted by Gasteiger charge is 2.21. The Hall–Kier alpha value is -1.39. The van der Waals surface area contributed by atoms with Crippen LogP contribution in [-0.2, 0) is 6.54 Å². The van der Waals surface area contributed by atoms with Gasteiger partial charge in [-0.1, -0.05) is 12.1 Å². The fraction of sp³-hybridized carbons (Fsp3) is 0.462. The number of rotatable bonds is 3. The molecule has 0 amide bonds. The van der Waals surface area contributed by atoms with Gasteiger partial charge in [0.15, 0.2) is 0 Å². The largest absolute Gasteiger partial charge is 0.341 e. The highest BCUT2D eigenvalue weighted by Crippen LogP contribution is 2.18. The molecule has 0 bridgehead atoms. The minimum atomic E-state index is 0.666. The van der Waals surface area contributed by atoms with Crippen molar-refractivity contribution in [3.8, 4) is 0 Å². The average Bonchev–Trinajstić information content (AvgIpc) is 2.94. The Labute approximate surface area is 101 Å². The van der Waals surface area contributed by atoms with Crippen LogP contribution < -0.4 is 5.73 Å². The van der Waals surface area contributed by atoms with Gasteiger partial charge in [0, 0.05) is 6.54 Å². The van der Waals surface area contributed by atoms with Crippen molar-refractivity contribution in [3.63, 3.8) is 0 Å². The van der Waals surface area contributed by atoms with Gasteiger partial charge in [0.25, 0.3) is 0 Å². The molecular weight excluding hydrogens is 212 g/mol. The number of benzene rings is 1. The number of fused-ring (bicyclic) bond motifs is 1. The van der Waals surface area contributed by atoms with Gasteiger partial charge in [-0.2, -0.15) is 0 Å². The number of nitrogens with two attached hydrogens (primary N) is 1. The van der Waals surface area contributed by atoms with E-state index in [9.17, 15) is 0 Å². The van der Waals surface area contributed by atoms with E-state index in [2.05, 4.69) is 20.9 Å². The predicted octanol–water partition coefficient (Wildman–Crippen LogP) is 1.34. The summed E-state index contributed by atoms with van der Waals surface area (Å²) in [4.78, 5) is 10.4. The molecule has 17 heavy (non-hydrogen) atoms. The summed E-state index contributed by atoms with van der Waals surface area (Å²) in [7, 11) is 0. The van der Waals surface area contributed by atoms with E-state index in [0.717, 1.165) is 43.0 Å². The number of aromatic nitrogens is 2. The molecule has 2 heterocycles. The molecule has 1 atom stereocenters. The third-order valence-electron chi connectivity index (χ3n) is 3.52. The molecule has 0 radical (unpaired) electrons. The van der Waals surface area contributed by atoms with Crippen LogP contribution in [0.25, 0.3) is 11.0 Å². The molecule has 1 aliphatic heterocycles. The number of imidazole rings is 1. The lowest BCUT2D eigenvalue weighted by Crippen LogP contribution is -2.23. The molecular formula is C13H18N4. The summed E-state index contributed by atoms with van der Waals surface area (Å²) in [6.45, 7) is 3.95. The quantitative estimate of drug-likeness (QED) is 0.836. The summed E-state index contributed by atoms with van der Waals surface area (Å²) < 4.78 is 0. The molecule has 1 aliphatic rings. The van der Waals surface area contributed by atoms with Gasteiger partial charge in [-0.25, -0.2) is 4.98 Å². The van der Waals surface area contributed by atoms with E-state index >= 15 is 0 Å². The van der Waals surface area contributed by atoms with E-state index in [1.807, 2.05) is 18.2 Å². The van der Waals surface area contributed by atoms with Crippen LogP contribution in [0.2, 0.25) is 0 Å². The maximum Gasteiger partial charge on any atom is 0.121 e. The van der Waals surface area contributed by atoms with Crippen LogP contribution in [0, 0.1) is 5.92 Å². The molecule has 1 saturated heterocycles. The lowest BCUT2D eigenvalue weighted by atomic mass is 10.1. The molecule has 0 unspecified atom stereocenters. The summed E-state index contributed by atoms with van der Waals surface area (Å²) in [6.07, 6.45) is 1.22. The number of H-pyrrole nitrogens is 1. The van der Waals surface area contributed by atoms with E-state index < -0.39 is 0 Å². The zero-order valence-electron chi connectivity index (χ0n) is 9.89. The first kappa shape index (κ1) is 10.7. The Bertz CT molecular complexity index is 472. The fourth-order valence-corrected chi connectivity index (χ4v) is 2.54. The molecule has 0 spiro atoms. The number of para-hydroxylation sites is 2. The van der Waals surface area contributed by atoms with Gasteiger partial charge in [0.1, 0.15) is 5.82 Å². The first-order valence-electron chi connectivity index (χ1n) is 6.21. The number of aromatic amines is 1. The van der Waals surface area contributed by atoms with Crippen LogP contribution in [0.15, 0.2) is 24.3 Å². The highest BCUT2D eigenvalue weighted by molar-refractivity contribution is 5.74. The Morgan fingerprint density at radius 2 is 2.29 bits per heavy atom. The Morgan fingerprint density at radius 3 is 3.06 bits per heavy atom. The molecule has 0 saturated carbocycles. The van der Waals surface area contributed by atoms with Crippen molar-refractivity contribution in [1.82, 2.24) is 14.9 Å². The Kier molecular flexibility index (Phi) is 2.82. The van der Waals surface area contributed by atoms with Crippen LogP contribution >= 0.6 is 0 Å². The number of hydrogen-bond acceptors (Lipinski definition) is 3. The fourth-order valence-electron chi connectivity index (χ4n) is 2.54. The first-order valence-corrected chi connectivity index (χ1v) is 6.21. The SMILES string of the molecule is NC[C@H]1CCN(Cc2nc3ccccc3[nH]2)C1. The van der Waals surface area contributed by atoms with Crippen molar-refractivity contribution in [2.75, 3.05) is 19.6 Å². The van der Waals surface area contributed by atoms with Crippen LogP contribution in [0.5, 0.6) is 0 Å². The molecule has 3 rings (SSSR count). The Morgan fingerprint density at radius 1 is 1.41 bits per heavy atom. The van der Waals surface area contributed by atoms with Crippen molar-refractivity contribution in [2.45, 2.75) is 13.0 Å². The smallest absolute Gasteiger partial charge is 0.121 e. The van der Waals surface area contributed by atoms with Crippen molar-refractivity contribution in [2.24, 2.45) is 11.7 Å². The number of nitrogens with one attached hydrogen (secondary N) is 1. The minimum absolute atomic E-state index is 0.666. The van der Waals surface area contributed by atoms with Gasteiger partial charge in [0.2, 0.25) is 0 Å². The lowest BCUT2D eigenvalue weighted by Gasteiger charge is -2.13. The molecule has 0 aliphatic carbocycles. The molecule has 1 aromatic heterocycles. The third-order valence-corrected chi connectivity index (χ3v) is 3.52. The average molecular weight is 230 g/mol. The van der Waals surface area contributed by atoms with E-state index in [1.165, 1.54) is 6.42 Å². The zero-order chi connectivity index (χ0) is 11.7. The summed E-state index contributed by atoms with van der Waals surface area (Å²) >= 11 is 0. The maximum atomic E-state index is 5.70. The molecule has 90 valence electrons. The molecule has 3 N–H and O–H groups in total. The van der Waals surface area contributed by atoms with E-state index in [0.29, 0.717) is 5.92 Å². The Balaban J connectivity index is 1.73. The highest BCUT2D eigenvalue weighted by atomic mass is 15.2. The van der Waals surface area contributed by atoms with Gasteiger partial charge in [-0.05, 0) is 37.6 Å². The minimum Gasteiger partial charge on any atom is -0.341 e. The van der Waals surface area contributed by atoms with E-state index in [-0.39, 0.29) is 0 Å². The van der Waals surface area contributed by atoms with Gasteiger partial charge in [-0.3, -0.25) is 4.90 Å². The second-order valence-electron chi connectivity index (χ2n) is 4.83. The maximum absolute atomic E-state index is 5.70. The van der Waals surface area contributed by atoms with Crippen LogP contribution in [0.4, 0.5) is 0 Å². The van der Waals surface area contributed by atoms with E-state index in [4.69, 9.17) is 5.73 Å². The van der Waals surface area contributed by atoms with Crippen LogP contribution in [0.3, 0.4) is 0 Å². The van der Waals surface area contributed by atoms with Crippen LogP contribution in [0.1, 0.15) is 12.2 Å². The molecule has 2 aromatic rings. The summed E-state index contributed by atoms with van der Waals surface area (Å²) in [5.74, 6) is 1.73. The summed E-state index contributed by atoms with van der Waals surface area (Å²) in [6, 6.07) is 8.17. The second-order valence-corrected chi connectivity index (χ2v) is 4.83. The number of hydrogen-bond donors (Lipinski definition) is 2. The van der Waals surface area contributed by atoms with Crippen molar-refractivity contribution in [3.05, 3.63) is 30.1 Å². The zero-order valence-corrected chi connectivity index (χ0v) is 9.89. The summed E-state index contributed by atoms with van der Waals surface area (Å²) in [5, 5.41) is 0. The van der Waals surface area contributed by atoms with Crippen molar-refractivity contribution >= 4 is 11.0 Å². The topological polar surface area (TPSA) is 57.9 Å². The first-order chi connectivity index (χ1) is 8.35. The van der Waals surface area contributed by atoms with E-state index in [1.54, 1.807) is 0 Å². The predicted molar refractivity (Wildman–Crippen MR) is 68.5 cm³/mol. The van der Waals surface area contributed by atoms with Gasteiger partial charge < -0.3 is 10.7 Å². The summed E-state index contributed by atoms with van der Waals surface area (Å²) in [5.41, 5.74) is 7.88. The van der Waals surface area contributed by atoms with Crippen LogP contribution in [-0.4, -0.2) is 34.5 Å². The number of nitrogens with zero attached hydrogens (tertiary/aromatic N) is 2. The molecule has 1 fully saturated rings. The van der Waals surface area contributed by atoms with Gasteiger partial charge in [0.05, 0.1) is 17.6 Å². The second kappa shape index (κ2) is 4.47. The molecule has 1 aromatic carbocycles. The number of likely N-dealkylation sites (tertiary alicyclic amines) is 1. The van der Waals surface area contributed by atoms with Crippen molar-refractivity contribution in [1.29, 1.82) is 0 Å². The standard InChI is InChI=1S/C13H18N4/c14-7-10-5-6-17(8-10)9-13-15-11-3-1-2-4-12(11)16-13/h1-4,10H,5-9,14H2,(H,15,16)/t10-/m1/s1. The van der Waals surface area contributed by atoms with Crippen molar-refractivity contribution < 1.29 is 0 Å². The normalized spacial score (nSPS) is 21.4. The molecule has 4 heteroatoms.